The summed E-state index contributed by atoms with van der Waals surface area (Å²) < 4.78 is 5.98. The molecule has 1 aliphatic rings. The van der Waals surface area contributed by atoms with Crippen LogP contribution in [0.3, 0.4) is 0 Å². The van der Waals surface area contributed by atoms with Gasteiger partial charge in [-0.25, -0.2) is 4.98 Å². The summed E-state index contributed by atoms with van der Waals surface area (Å²) in [6.45, 7) is 4.44. The van der Waals surface area contributed by atoms with E-state index >= 15 is 0 Å². The van der Waals surface area contributed by atoms with Crippen molar-refractivity contribution in [2.24, 2.45) is 0 Å². The van der Waals surface area contributed by atoms with Crippen molar-refractivity contribution in [1.29, 1.82) is 0 Å². The maximum atomic E-state index is 13.3. The average molecular weight is 465 g/mol. The molecule has 0 saturated heterocycles. The SMILES string of the molecule is COCCCN1C(=O)C(O)=C(C(=O)c2sc(C)nc2C)C1c1ccc(Br)cc1. The molecule has 2 aromatic rings. The molecule has 1 unspecified atom stereocenters. The molecule has 0 bridgehead atoms. The van der Waals surface area contributed by atoms with Crippen molar-refractivity contribution in [3.05, 3.63) is 61.2 Å². The van der Waals surface area contributed by atoms with Crippen LogP contribution in [0.25, 0.3) is 0 Å². The number of thiazole rings is 1. The molecule has 0 saturated carbocycles. The Labute approximate surface area is 176 Å². The van der Waals surface area contributed by atoms with Crippen molar-refractivity contribution >= 4 is 39.0 Å². The van der Waals surface area contributed by atoms with Gasteiger partial charge in [-0.2, -0.15) is 0 Å². The van der Waals surface area contributed by atoms with Gasteiger partial charge in [-0.3, -0.25) is 9.59 Å². The number of rotatable bonds is 7. The van der Waals surface area contributed by atoms with Crippen molar-refractivity contribution in [3.63, 3.8) is 0 Å². The molecule has 2 heterocycles. The maximum Gasteiger partial charge on any atom is 0.290 e. The highest BCUT2D eigenvalue weighted by Crippen LogP contribution is 2.40. The fourth-order valence-electron chi connectivity index (χ4n) is 3.35. The summed E-state index contributed by atoms with van der Waals surface area (Å²) in [4.78, 5) is 32.4. The van der Waals surface area contributed by atoms with Crippen LogP contribution in [0, 0.1) is 13.8 Å². The second-order valence-electron chi connectivity index (χ2n) is 6.54. The summed E-state index contributed by atoms with van der Waals surface area (Å²) in [7, 11) is 1.59. The van der Waals surface area contributed by atoms with Crippen molar-refractivity contribution in [2.75, 3.05) is 20.3 Å². The van der Waals surface area contributed by atoms with E-state index in [4.69, 9.17) is 4.74 Å². The molecular weight excluding hydrogens is 444 g/mol. The van der Waals surface area contributed by atoms with Crippen molar-refractivity contribution in [1.82, 2.24) is 9.88 Å². The molecule has 28 heavy (non-hydrogen) atoms. The predicted octanol–water partition coefficient (Wildman–Crippen LogP) is 4.14. The first-order valence-electron chi connectivity index (χ1n) is 8.82. The van der Waals surface area contributed by atoms with Crippen LogP contribution in [-0.4, -0.2) is 46.9 Å². The molecule has 1 amide bonds. The number of aromatic nitrogens is 1. The van der Waals surface area contributed by atoms with Gasteiger partial charge in [0.25, 0.3) is 5.91 Å². The largest absolute Gasteiger partial charge is 0.503 e. The number of ketones is 1. The molecule has 3 rings (SSSR count). The third-order valence-corrected chi connectivity index (χ3v) is 6.19. The Morgan fingerprint density at radius 3 is 2.57 bits per heavy atom. The standard InChI is InChI=1S/C20H21BrN2O4S/c1-11-19(28-12(2)22-11)17(24)15-16(13-5-7-14(21)8-6-13)23(9-4-10-27-3)20(26)18(15)25/h5-8,16,25H,4,9-10H2,1-3H3. The Hall–Kier alpha value is -2.03. The number of carbonyl (C=O) groups excluding carboxylic acids is 2. The van der Waals surface area contributed by atoms with Gasteiger partial charge >= 0.3 is 0 Å². The van der Waals surface area contributed by atoms with Gasteiger partial charge in [-0.1, -0.05) is 28.1 Å². The number of amides is 1. The van der Waals surface area contributed by atoms with Crippen LogP contribution in [-0.2, 0) is 9.53 Å². The lowest BCUT2D eigenvalue weighted by atomic mass is 9.95. The van der Waals surface area contributed by atoms with E-state index < -0.39 is 17.7 Å². The average Bonchev–Trinajstić information content (AvgIpc) is 3.13. The molecule has 0 spiro atoms. The lowest BCUT2D eigenvalue weighted by molar-refractivity contribution is -0.129. The van der Waals surface area contributed by atoms with Gasteiger partial charge in [-0.05, 0) is 38.0 Å². The molecule has 148 valence electrons. The van der Waals surface area contributed by atoms with Crippen molar-refractivity contribution < 1.29 is 19.4 Å². The minimum atomic E-state index is -0.647. The van der Waals surface area contributed by atoms with Gasteiger partial charge in [0.15, 0.2) is 5.76 Å². The van der Waals surface area contributed by atoms with E-state index in [1.165, 1.54) is 16.2 Å². The number of hydrogen-bond donors (Lipinski definition) is 1. The Balaban J connectivity index is 2.06. The minimum Gasteiger partial charge on any atom is -0.503 e. The molecular formula is C20H21BrN2O4S. The van der Waals surface area contributed by atoms with Gasteiger partial charge in [0.2, 0.25) is 5.78 Å². The number of halogens is 1. The van der Waals surface area contributed by atoms with E-state index in [9.17, 15) is 14.7 Å². The second kappa shape index (κ2) is 8.55. The van der Waals surface area contributed by atoms with Crippen LogP contribution in [0.15, 0.2) is 40.1 Å². The van der Waals surface area contributed by atoms with E-state index in [0.29, 0.717) is 30.1 Å². The first-order valence-corrected chi connectivity index (χ1v) is 10.4. The third kappa shape index (κ3) is 3.90. The summed E-state index contributed by atoms with van der Waals surface area (Å²) in [6, 6.07) is 6.76. The molecule has 1 aliphatic heterocycles. The van der Waals surface area contributed by atoms with E-state index in [2.05, 4.69) is 20.9 Å². The summed E-state index contributed by atoms with van der Waals surface area (Å²) >= 11 is 4.68. The summed E-state index contributed by atoms with van der Waals surface area (Å²) in [6.07, 6.45) is 0.600. The van der Waals surface area contributed by atoms with Gasteiger partial charge in [0.1, 0.15) is 0 Å². The van der Waals surface area contributed by atoms with Gasteiger partial charge in [0.05, 0.1) is 27.2 Å². The number of Topliss-reactive ketones (excluding diaryl/α,β-unsaturated/α-hetero) is 1. The number of benzene rings is 1. The molecule has 0 radical (unpaired) electrons. The predicted molar refractivity (Wildman–Crippen MR) is 111 cm³/mol. The zero-order chi connectivity index (χ0) is 20.4. The van der Waals surface area contributed by atoms with Crippen LogP contribution in [0.5, 0.6) is 0 Å². The van der Waals surface area contributed by atoms with E-state index in [-0.39, 0.29) is 11.4 Å². The van der Waals surface area contributed by atoms with Gasteiger partial charge < -0.3 is 14.7 Å². The fraction of sp³-hybridized carbons (Fsp3) is 0.350. The summed E-state index contributed by atoms with van der Waals surface area (Å²) in [5.74, 6) is -1.37. The Morgan fingerprint density at radius 2 is 2.00 bits per heavy atom. The number of aliphatic hydroxyl groups is 1. The molecule has 0 aliphatic carbocycles. The molecule has 6 nitrogen and oxygen atoms in total. The number of aliphatic hydroxyl groups excluding tert-OH is 1. The zero-order valence-corrected chi connectivity index (χ0v) is 18.3. The lowest BCUT2D eigenvalue weighted by Gasteiger charge is -2.26. The highest BCUT2D eigenvalue weighted by atomic mass is 79.9. The van der Waals surface area contributed by atoms with E-state index in [1.807, 2.05) is 31.2 Å². The zero-order valence-electron chi connectivity index (χ0n) is 15.9. The fourth-order valence-corrected chi connectivity index (χ4v) is 4.49. The Kier molecular flexibility index (Phi) is 6.32. The van der Waals surface area contributed by atoms with Crippen LogP contribution >= 0.6 is 27.3 Å². The molecule has 1 aromatic carbocycles. The highest BCUT2D eigenvalue weighted by Gasteiger charge is 2.44. The minimum absolute atomic E-state index is 0.108. The van der Waals surface area contributed by atoms with Crippen LogP contribution < -0.4 is 0 Å². The first kappa shape index (κ1) is 20.7. The smallest absolute Gasteiger partial charge is 0.290 e. The second-order valence-corrected chi connectivity index (χ2v) is 8.66. The highest BCUT2D eigenvalue weighted by molar-refractivity contribution is 9.10. The van der Waals surface area contributed by atoms with Crippen molar-refractivity contribution in [3.8, 4) is 0 Å². The molecule has 1 aromatic heterocycles. The summed E-state index contributed by atoms with van der Waals surface area (Å²) in [5.41, 5.74) is 1.48. The van der Waals surface area contributed by atoms with Crippen LogP contribution in [0.1, 0.15) is 38.4 Å². The Bertz CT molecular complexity index is 936. The number of methoxy groups -OCH3 is 1. The number of carbonyl (C=O) groups is 2. The number of hydrogen-bond acceptors (Lipinski definition) is 6. The first-order chi connectivity index (χ1) is 13.3. The number of aryl methyl sites for hydroxylation is 2. The topological polar surface area (TPSA) is 79.7 Å². The maximum absolute atomic E-state index is 13.3. The summed E-state index contributed by atoms with van der Waals surface area (Å²) in [5, 5.41) is 11.4. The molecule has 8 heteroatoms. The lowest BCUT2D eigenvalue weighted by Crippen LogP contribution is -2.32. The number of ether oxygens (including phenoxy) is 1. The monoisotopic (exact) mass is 464 g/mol. The normalized spacial score (nSPS) is 16.9. The molecule has 1 atom stereocenters. The van der Waals surface area contributed by atoms with Gasteiger partial charge in [0, 0.05) is 24.7 Å². The molecule has 1 N–H and O–H groups in total. The number of nitrogens with zero attached hydrogens (tertiary/aromatic N) is 2. The van der Waals surface area contributed by atoms with Crippen LogP contribution in [0.2, 0.25) is 0 Å². The molecule has 0 fully saturated rings. The quantitative estimate of drug-likeness (QED) is 0.491. The van der Waals surface area contributed by atoms with E-state index in [1.54, 1.807) is 14.0 Å². The van der Waals surface area contributed by atoms with Crippen molar-refractivity contribution in [2.45, 2.75) is 26.3 Å². The third-order valence-electron chi connectivity index (χ3n) is 4.59. The van der Waals surface area contributed by atoms with Crippen LogP contribution in [0.4, 0.5) is 0 Å². The van der Waals surface area contributed by atoms with Gasteiger partial charge in [-0.15, -0.1) is 11.3 Å². The Morgan fingerprint density at radius 1 is 1.32 bits per heavy atom. The van der Waals surface area contributed by atoms with E-state index in [0.717, 1.165) is 15.0 Å².